The van der Waals surface area contributed by atoms with Gasteiger partial charge in [-0.05, 0) is 70.6 Å². The number of quaternary nitrogens is 1. The molecule has 0 aliphatic carbocycles. The zero-order chi connectivity index (χ0) is 56.3. The van der Waals surface area contributed by atoms with E-state index in [0.717, 1.165) is 51.4 Å². The zero-order valence-electron chi connectivity index (χ0n) is 51.7. The molecular weight excluding hydrogens is 972 g/mol. The standard InChI is InChI=1S/C68H129N2O6P/c1-6-8-10-12-14-16-18-20-22-24-26-28-29-30-31-32-33-34-35-36-37-38-39-40-41-42-44-46-48-50-52-54-56-58-60-62-68(72)69-66(65-76-77(73,74)75-64-63-70(3,4)5)67(71)61-59-57-55-53-51-49-47-45-43-27-25-23-21-19-17-15-13-11-9-7-2/h18,20,24,26,29-30,51,53,59,61,66-67,71H,6-17,19,21-23,25,27-28,31-50,52,54-58,60,62-65H2,1-5H3,(H-,69,72,73,74)/b20-18-,26-24-,30-29-,53-51+,61-59+. The van der Waals surface area contributed by atoms with E-state index in [2.05, 4.69) is 67.8 Å². The number of phosphoric ester groups is 1. The minimum Gasteiger partial charge on any atom is -0.756 e. The fourth-order valence-corrected chi connectivity index (χ4v) is 10.5. The summed E-state index contributed by atoms with van der Waals surface area (Å²) in [4.78, 5) is 25.6. The number of aliphatic hydroxyl groups excluding tert-OH is 1. The summed E-state index contributed by atoms with van der Waals surface area (Å²) in [5.41, 5.74) is 0. The van der Waals surface area contributed by atoms with Gasteiger partial charge >= 0.3 is 0 Å². The topological polar surface area (TPSA) is 108 Å². The van der Waals surface area contributed by atoms with Gasteiger partial charge in [0.2, 0.25) is 5.91 Å². The molecule has 0 saturated carbocycles. The van der Waals surface area contributed by atoms with Gasteiger partial charge in [0.05, 0.1) is 39.9 Å². The van der Waals surface area contributed by atoms with Crippen LogP contribution in [0.15, 0.2) is 60.8 Å². The van der Waals surface area contributed by atoms with Crippen LogP contribution < -0.4 is 10.2 Å². The zero-order valence-corrected chi connectivity index (χ0v) is 52.6. The van der Waals surface area contributed by atoms with Crippen LogP contribution in [0.4, 0.5) is 0 Å². The average Bonchev–Trinajstić information content (AvgIpc) is 3.39. The molecule has 0 aliphatic rings. The SMILES string of the molecule is CCCCCCC/C=C\C/C=C\C/C=C\CCCCCCCCCCCCCCCCCCCCCCC(=O)NC(COP(=O)([O-])OCC[N+](C)(C)C)C(O)/C=C/CC/C=C/CCCCCCCCCCCCCCCC. The van der Waals surface area contributed by atoms with E-state index < -0.39 is 26.6 Å². The van der Waals surface area contributed by atoms with Crippen LogP contribution in [-0.2, 0) is 18.4 Å². The van der Waals surface area contributed by atoms with Gasteiger partial charge in [-0.15, -0.1) is 0 Å². The van der Waals surface area contributed by atoms with Crippen LogP contribution in [0.2, 0.25) is 0 Å². The number of aliphatic hydroxyl groups is 1. The molecule has 452 valence electrons. The number of carbonyl (C=O) groups is 1. The second-order valence-electron chi connectivity index (χ2n) is 23.8. The Hall–Kier alpha value is -1.80. The number of amides is 1. The number of allylic oxidation sites excluding steroid dienone is 9. The van der Waals surface area contributed by atoms with Gasteiger partial charge in [0.25, 0.3) is 7.82 Å². The quantitative estimate of drug-likeness (QED) is 0.0272. The van der Waals surface area contributed by atoms with Crippen LogP contribution in [0.3, 0.4) is 0 Å². The number of hydrogen-bond acceptors (Lipinski definition) is 6. The van der Waals surface area contributed by atoms with Crippen LogP contribution in [0, 0.1) is 0 Å². The number of carbonyl (C=O) groups excluding carboxylic acids is 1. The summed E-state index contributed by atoms with van der Waals surface area (Å²) >= 11 is 0. The maximum absolute atomic E-state index is 13.0. The summed E-state index contributed by atoms with van der Waals surface area (Å²) in [6, 6.07) is -0.905. The Morgan fingerprint density at radius 1 is 0.455 bits per heavy atom. The lowest BCUT2D eigenvalue weighted by Gasteiger charge is -2.29. The van der Waals surface area contributed by atoms with E-state index in [0.29, 0.717) is 17.4 Å². The third-order valence-corrected chi connectivity index (χ3v) is 15.9. The largest absolute Gasteiger partial charge is 0.756 e. The van der Waals surface area contributed by atoms with Crippen molar-refractivity contribution in [1.29, 1.82) is 0 Å². The van der Waals surface area contributed by atoms with E-state index in [1.807, 2.05) is 27.2 Å². The van der Waals surface area contributed by atoms with E-state index in [4.69, 9.17) is 9.05 Å². The van der Waals surface area contributed by atoms with Gasteiger partial charge in [-0.2, -0.15) is 0 Å². The van der Waals surface area contributed by atoms with Crippen molar-refractivity contribution in [3.63, 3.8) is 0 Å². The van der Waals surface area contributed by atoms with Crippen molar-refractivity contribution in [1.82, 2.24) is 5.32 Å². The molecule has 9 heteroatoms. The molecular formula is C68H129N2O6P. The predicted molar refractivity (Wildman–Crippen MR) is 334 cm³/mol. The normalized spacial score (nSPS) is 14.1. The molecule has 0 aromatic rings. The molecule has 0 bridgehead atoms. The van der Waals surface area contributed by atoms with Crippen molar-refractivity contribution in [2.75, 3.05) is 40.9 Å². The lowest BCUT2D eigenvalue weighted by Crippen LogP contribution is -2.45. The van der Waals surface area contributed by atoms with Gasteiger partial charge in [-0.1, -0.05) is 299 Å². The molecule has 0 spiro atoms. The van der Waals surface area contributed by atoms with Crippen molar-refractivity contribution in [2.24, 2.45) is 0 Å². The Labute approximate surface area is 479 Å². The van der Waals surface area contributed by atoms with Crippen LogP contribution in [0.25, 0.3) is 0 Å². The molecule has 3 unspecified atom stereocenters. The summed E-state index contributed by atoms with van der Waals surface area (Å²) in [6.45, 7) is 4.65. The molecule has 0 aliphatic heterocycles. The molecule has 8 nitrogen and oxygen atoms in total. The van der Waals surface area contributed by atoms with E-state index in [1.165, 1.54) is 244 Å². The lowest BCUT2D eigenvalue weighted by atomic mass is 10.0. The molecule has 0 aromatic heterocycles. The average molecular weight is 1100 g/mol. The summed E-state index contributed by atoms with van der Waals surface area (Å²) in [5.74, 6) is -0.203. The highest BCUT2D eigenvalue weighted by atomic mass is 31.2. The molecule has 0 fully saturated rings. The smallest absolute Gasteiger partial charge is 0.268 e. The fourth-order valence-electron chi connectivity index (χ4n) is 9.77. The Morgan fingerprint density at radius 2 is 0.766 bits per heavy atom. The number of rotatable bonds is 61. The van der Waals surface area contributed by atoms with Crippen molar-refractivity contribution in [3.8, 4) is 0 Å². The molecule has 2 N–H and O–H groups in total. The van der Waals surface area contributed by atoms with Crippen molar-refractivity contribution >= 4 is 13.7 Å². The number of nitrogens with zero attached hydrogens (tertiary/aromatic N) is 1. The van der Waals surface area contributed by atoms with E-state index in [1.54, 1.807) is 6.08 Å². The summed E-state index contributed by atoms with van der Waals surface area (Å²) in [5, 5.41) is 13.9. The predicted octanol–water partition coefficient (Wildman–Crippen LogP) is 20.2. The van der Waals surface area contributed by atoms with Gasteiger partial charge in [-0.3, -0.25) is 9.36 Å². The second kappa shape index (κ2) is 58.8. The van der Waals surface area contributed by atoms with E-state index in [9.17, 15) is 19.4 Å². The molecule has 0 heterocycles. The molecule has 0 aromatic carbocycles. The Balaban J connectivity index is 4.05. The lowest BCUT2D eigenvalue weighted by molar-refractivity contribution is -0.870. The Kier molecular flexibility index (Phi) is 57.5. The van der Waals surface area contributed by atoms with Gasteiger partial charge in [-0.25, -0.2) is 0 Å². The third-order valence-electron chi connectivity index (χ3n) is 14.9. The Morgan fingerprint density at radius 3 is 1.14 bits per heavy atom. The minimum atomic E-state index is -4.61. The van der Waals surface area contributed by atoms with Crippen LogP contribution >= 0.6 is 7.82 Å². The minimum absolute atomic E-state index is 0.00610. The highest BCUT2D eigenvalue weighted by Crippen LogP contribution is 2.38. The Bertz CT molecular complexity index is 1440. The maximum Gasteiger partial charge on any atom is 0.268 e. The first kappa shape index (κ1) is 75.2. The van der Waals surface area contributed by atoms with Crippen LogP contribution in [0.1, 0.15) is 316 Å². The summed E-state index contributed by atoms with van der Waals surface area (Å²) < 4.78 is 23.4. The number of likely N-dealkylation sites (N-methyl/N-ethyl adjacent to an activating group) is 1. The highest BCUT2D eigenvalue weighted by molar-refractivity contribution is 7.45. The third kappa shape index (κ3) is 61.7. The highest BCUT2D eigenvalue weighted by Gasteiger charge is 2.23. The molecule has 0 saturated heterocycles. The van der Waals surface area contributed by atoms with Crippen LogP contribution in [-0.4, -0.2) is 68.5 Å². The molecule has 3 atom stereocenters. The molecule has 0 rings (SSSR count). The van der Waals surface area contributed by atoms with Crippen molar-refractivity contribution in [3.05, 3.63) is 60.8 Å². The summed E-state index contributed by atoms with van der Waals surface area (Å²) in [7, 11) is 1.25. The molecule has 1 amide bonds. The fraction of sp³-hybridized carbons (Fsp3) is 0.838. The first-order valence-electron chi connectivity index (χ1n) is 33.2. The van der Waals surface area contributed by atoms with Gasteiger partial charge in [0, 0.05) is 6.42 Å². The first-order valence-corrected chi connectivity index (χ1v) is 34.6. The number of phosphoric acid groups is 1. The van der Waals surface area contributed by atoms with Crippen LogP contribution in [0.5, 0.6) is 0 Å². The van der Waals surface area contributed by atoms with Crippen molar-refractivity contribution < 1.29 is 32.9 Å². The number of nitrogens with one attached hydrogen (secondary N) is 1. The molecule has 0 radical (unpaired) electrons. The number of hydrogen-bond donors (Lipinski definition) is 2. The summed E-state index contributed by atoms with van der Waals surface area (Å²) in [6.07, 6.45) is 80.5. The monoisotopic (exact) mass is 1100 g/mol. The van der Waals surface area contributed by atoms with E-state index in [-0.39, 0.29) is 12.5 Å². The molecule has 77 heavy (non-hydrogen) atoms. The van der Waals surface area contributed by atoms with Gasteiger partial charge < -0.3 is 28.8 Å². The number of unbranched alkanes of at least 4 members (excludes halogenated alkanes) is 40. The van der Waals surface area contributed by atoms with E-state index >= 15 is 0 Å². The first-order chi connectivity index (χ1) is 37.5. The second-order valence-corrected chi connectivity index (χ2v) is 25.2. The van der Waals surface area contributed by atoms with Gasteiger partial charge in [0.15, 0.2) is 0 Å². The van der Waals surface area contributed by atoms with Crippen molar-refractivity contribution in [2.45, 2.75) is 328 Å². The maximum atomic E-state index is 13.0. The van der Waals surface area contributed by atoms with Gasteiger partial charge in [0.1, 0.15) is 13.2 Å².